The van der Waals surface area contributed by atoms with E-state index in [-0.39, 0.29) is 23.8 Å². The van der Waals surface area contributed by atoms with Crippen LogP contribution in [0.15, 0.2) is 24.5 Å². The topological polar surface area (TPSA) is 102 Å². The number of anilines is 1. The lowest BCUT2D eigenvalue weighted by molar-refractivity contribution is -0.134. The van der Waals surface area contributed by atoms with Gasteiger partial charge in [0.05, 0.1) is 10.9 Å². The highest BCUT2D eigenvalue weighted by atomic mass is 32.1. The molecule has 0 spiro atoms. The van der Waals surface area contributed by atoms with Crippen molar-refractivity contribution in [2.45, 2.75) is 45.3 Å². The van der Waals surface area contributed by atoms with E-state index in [0.717, 1.165) is 59.0 Å². The first-order chi connectivity index (χ1) is 15.9. The molecule has 172 valence electrons. The molecule has 0 radical (unpaired) electrons. The smallest absolute Gasteiger partial charge is 0.225 e. The van der Waals surface area contributed by atoms with Crippen molar-refractivity contribution in [2.75, 3.05) is 19.4 Å². The average Bonchev–Trinajstić information content (AvgIpc) is 3.39. The van der Waals surface area contributed by atoms with Gasteiger partial charge >= 0.3 is 0 Å². The summed E-state index contributed by atoms with van der Waals surface area (Å²) in [6.07, 6.45) is 6.89. The second-order valence-corrected chi connectivity index (χ2v) is 9.71. The first kappa shape index (κ1) is 21.6. The van der Waals surface area contributed by atoms with E-state index < -0.39 is 0 Å². The zero-order valence-corrected chi connectivity index (χ0v) is 19.7. The molecule has 0 aromatic carbocycles. The van der Waals surface area contributed by atoms with Gasteiger partial charge in [0.2, 0.25) is 11.8 Å². The Morgan fingerprint density at radius 3 is 2.70 bits per heavy atom. The third-order valence-corrected chi connectivity index (χ3v) is 7.20. The Bertz CT molecular complexity index is 1190. The van der Waals surface area contributed by atoms with Crippen molar-refractivity contribution in [3.05, 3.63) is 30.2 Å². The molecule has 3 aromatic heterocycles. The standard InChI is InChI=1S/C23H26N6O3S/c1-13(30)25-23-26-17-12-32-20-18(15-5-4-10-24-11-15)27-29(19(20)21(17)33-23)16-8-6-14(7-9-16)22(31)28(2)3/h4-5,10-11,14,16H,6-9,12H2,1-3H3,(H,25,26,30). The van der Waals surface area contributed by atoms with Crippen LogP contribution in [0.4, 0.5) is 5.13 Å². The molecule has 2 aliphatic rings. The van der Waals surface area contributed by atoms with Crippen LogP contribution >= 0.6 is 11.3 Å². The fourth-order valence-electron chi connectivity index (χ4n) is 4.63. The molecular weight excluding hydrogens is 440 g/mol. The SMILES string of the molecule is CC(=O)Nc1nc2c(s1)-c1c(c(-c3cccnc3)nn1C1CCC(C(=O)N(C)C)CC1)OC2. The Hall–Kier alpha value is -3.27. The Morgan fingerprint density at radius 2 is 2.03 bits per heavy atom. The lowest BCUT2D eigenvalue weighted by Crippen LogP contribution is -2.33. The van der Waals surface area contributed by atoms with Crippen LogP contribution in [0.25, 0.3) is 21.8 Å². The number of thiazole rings is 1. The van der Waals surface area contributed by atoms with Gasteiger partial charge < -0.3 is 15.0 Å². The van der Waals surface area contributed by atoms with E-state index in [1.807, 2.05) is 26.2 Å². The van der Waals surface area contributed by atoms with E-state index in [1.165, 1.54) is 18.3 Å². The van der Waals surface area contributed by atoms with Gasteiger partial charge in [-0.15, -0.1) is 0 Å². The van der Waals surface area contributed by atoms with Gasteiger partial charge in [-0.1, -0.05) is 11.3 Å². The molecule has 1 N–H and O–H groups in total. The number of nitrogens with zero attached hydrogens (tertiary/aromatic N) is 5. The van der Waals surface area contributed by atoms with Crippen LogP contribution in [-0.2, 0) is 16.2 Å². The van der Waals surface area contributed by atoms with Gasteiger partial charge in [-0.05, 0) is 37.8 Å². The quantitative estimate of drug-likeness (QED) is 0.628. The van der Waals surface area contributed by atoms with Crippen LogP contribution in [0.3, 0.4) is 0 Å². The van der Waals surface area contributed by atoms with Crippen molar-refractivity contribution in [3.8, 4) is 27.6 Å². The van der Waals surface area contributed by atoms with Gasteiger partial charge in [-0.2, -0.15) is 5.10 Å². The minimum Gasteiger partial charge on any atom is -0.483 e. The van der Waals surface area contributed by atoms with Crippen LogP contribution in [-0.4, -0.2) is 50.6 Å². The number of aromatic nitrogens is 4. The van der Waals surface area contributed by atoms with Gasteiger partial charge in [-0.25, -0.2) is 4.98 Å². The first-order valence-corrected chi connectivity index (χ1v) is 11.9. The summed E-state index contributed by atoms with van der Waals surface area (Å²) in [6.45, 7) is 1.79. The highest BCUT2D eigenvalue weighted by molar-refractivity contribution is 7.19. The summed E-state index contributed by atoms with van der Waals surface area (Å²) in [5, 5.41) is 8.35. The second-order valence-electron chi connectivity index (χ2n) is 8.72. The third-order valence-electron chi connectivity index (χ3n) is 6.18. The predicted octanol–water partition coefficient (Wildman–Crippen LogP) is 3.74. The highest BCUT2D eigenvalue weighted by Crippen LogP contribution is 2.49. The molecular formula is C23H26N6O3S. The molecule has 1 fully saturated rings. The molecule has 0 unspecified atom stereocenters. The van der Waals surface area contributed by atoms with Crippen molar-refractivity contribution in [3.63, 3.8) is 0 Å². The maximum atomic E-state index is 12.5. The summed E-state index contributed by atoms with van der Waals surface area (Å²) in [6, 6.07) is 4.01. The molecule has 4 heterocycles. The number of carbonyl (C=O) groups is 2. The molecule has 0 atom stereocenters. The molecule has 1 aliphatic heterocycles. The van der Waals surface area contributed by atoms with Gasteiger partial charge in [-0.3, -0.25) is 19.3 Å². The van der Waals surface area contributed by atoms with E-state index in [4.69, 9.17) is 9.84 Å². The van der Waals surface area contributed by atoms with Crippen LogP contribution in [0.2, 0.25) is 0 Å². The fraction of sp³-hybridized carbons (Fsp3) is 0.435. The Balaban J connectivity index is 1.55. The number of carbonyl (C=O) groups excluding carboxylic acids is 2. The molecule has 0 bridgehead atoms. The van der Waals surface area contributed by atoms with Crippen molar-refractivity contribution in [1.82, 2.24) is 24.6 Å². The zero-order chi connectivity index (χ0) is 23.1. The highest BCUT2D eigenvalue weighted by Gasteiger charge is 2.35. The number of fused-ring (bicyclic) bond motifs is 3. The minimum absolute atomic E-state index is 0.0574. The molecule has 0 saturated heterocycles. The summed E-state index contributed by atoms with van der Waals surface area (Å²) < 4.78 is 8.23. The van der Waals surface area contributed by atoms with Crippen molar-refractivity contribution < 1.29 is 14.3 Å². The molecule has 1 aliphatic carbocycles. The van der Waals surface area contributed by atoms with E-state index >= 15 is 0 Å². The maximum absolute atomic E-state index is 12.5. The Kier molecular flexibility index (Phi) is 5.61. The van der Waals surface area contributed by atoms with Gasteiger partial charge in [0.1, 0.15) is 23.7 Å². The van der Waals surface area contributed by atoms with Crippen LogP contribution < -0.4 is 10.1 Å². The lowest BCUT2D eigenvalue weighted by Gasteiger charge is -2.30. The van der Waals surface area contributed by atoms with E-state index in [9.17, 15) is 9.59 Å². The van der Waals surface area contributed by atoms with Gasteiger partial charge in [0.15, 0.2) is 10.9 Å². The first-order valence-electron chi connectivity index (χ1n) is 11.1. The van der Waals surface area contributed by atoms with Crippen LogP contribution in [0.1, 0.15) is 44.3 Å². The fourth-order valence-corrected chi connectivity index (χ4v) is 5.68. The van der Waals surface area contributed by atoms with Crippen LogP contribution in [0.5, 0.6) is 5.75 Å². The Morgan fingerprint density at radius 1 is 1.24 bits per heavy atom. The molecule has 5 rings (SSSR count). The van der Waals surface area contributed by atoms with E-state index in [2.05, 4.69) is 20.0 Å². The summed E-state index contributed by atoms with van der Waals surface area (Å²) in [5.41, 5.74) is 3.34. The molecule has 33 heavy (non-hydrogen) atoms. The Labute approximate surface area is 195 Å². The number of hydrogen-bond acceptors (Lipinski definition) is 7. The summed E-state index contributed by atoms with van der Waals surface area (Å²) in [7, 11) is 3.63. The maximum Gasteiger partial charge on any atom is 0.225 e. The van der Waals surface area contributed by atoms with Crippen LogP contribution in [0, 0.1) is 5.92 Å². The van der Waals surface area contributed by atoms with Gasteiger partial charge in [0.25, 0.3) is 0 Å². The van der Waals surface area contributed by atoms with Crippen molar-refractivity contribution >= 4 is 28.3 Å². The number of rotatable bonds is 4. The largest absolute Gasteiger partial charge is 0.483 e. The summed E-state index contributed by atoms with van der Waals surface area (Å²) >= 11 is 1.44. The van der Waals surface area contributed by atoms with E-state index in [1.54, 1.807) is 17.3 Å². The third kappa shape index (κ3) is 3.99. The van der Waals surface area contributed by atoms with E-state index in [0.29, 0.717) is 11.7 Å². The summed E-state index contributed by atoms with van der Waals surface area (Å²) in [4.78, 5) is 35.5. The molecule has 9 nitrogen and oxygen atoms in total. The normalized spacial score (nSPS) is 19.2. The minimum atomic E-state index is -0.157. The monoisotopic (exact) mass is 466 g/mol. The number of nitrogens with one attached hydrogen (secondary N) is 1. The van der Waals surface area contributed by atoms with Crippen molar-refractivity contribution in [2.24, 2.45) is 5.92 Å². The second kappa shape index (κ2) is 8.58. The van der Waals surface area contributed by atoms with Gasteiger partial charge in [0, 0.05) is 44.9 Å². The number of amides is 2. The molecule has 2 amide bonds. The number of hydrogen-bond donors (Lipinski definition) is 1. The molecule has 1 saturated carbocycles. The molecule has 10 heteroatoms. The zero-order valence-electron chi connectivity index (χ0n) is 18.9. The van der Waals surface area contributed by atoms with Crippen molar-refractivity contribution in [1.29, 1.82) is 0 Å². The number of ether oxygens (including phenoxy) is 1. The average molecular weight is 467 g/mol. The molecule has 3 aromatic rings. The lowest BCUT2D eigenvalue weighted by atomic mass is 9.85. The summed E-state index contributed by atoms with van der Waals surface area (Å²) in [5.74, 6) is 0.817. The number of pyridine rings is 1. The predicted molar refractivity (Wildman–Crippen MR) is 125 cm³/mol.